The van der Waals surface area contributed by atoms with Crippen LogP contribution in [0.25, 0.3) is 5.13 Å². The number of nitrogens with zero attached hydrogens (tertiary/aromatic N) is 4. The second-order valence-electron chi connectivity index (χ2n) is 7.67. The third-order valence-electron chi connectivity index (χ3n) is 5.00. The first-order valence-corrected chi connectivity index (χ1v) is 10.9. The summed E-state index contributed by atoms with van der Waals surface area (Å²) in [5, 5.41) is 13.6. The zero-order valence-electron chi connectivity index (χ0n) is 17.3. The molecule has 28 heavy (non-hydrogen) atoms. The van der Waals surface area contributed by atoms with E-state index < -0.39 is 0 Å². The van der Waals surface area contributed by atoms with Crippen LogP contribution in [0.5, 0.6) is 0 Å². The lowest BCUT2D eigenvalue weighted by molar-refractivity contribution is -0.125. The highest BCUT2D eigenvalue weighted by Gasteiger charge is 2.27. The molecule has 0 spiro atoms. The summed E-state index contributed by atoms with van der Waals surface area (Å²) < 4.78 is 7.64. The van der Waals surface area contributed by atoms with Crippen molar-refractivity contribution >= 4 is 22.4 Å². The SMILES string of the molecule is Cc1ccc(C)n1-c1nnc(N2CCC[C@H](C(=O)NCCCOC(C)C)C2)s1. The van der Waals surface area contributed by atoms with E-state index in [0.717, 1.165) is 47.5 Å². The standard InChI is InChI=1S/C20H31N5O2S/c1-14(2)27-12-6-10-21-18(26)17-7-5-11-24(13-17)19-22-23-20(28-19)25-15(3)8-9-16(25)4/h8-9,14,17H,5-7,10-13H2,1-4H3,(H,21,26)/t17-/m0/s1. The number of aryl methyl sites for hydroxylation is 2. The summed E-state index contributed by atoms with van der Waals surface area (Å²) in [5.74, 6) is 0.137. The van der Waals surface area contributed by atoms with Crippen LogP contribution in [0.2, 0.25) is 0 Å². The van der Waals surface area contributed by atoms with Crippen molar-refractivity contribution < 1.29 is 9.53 Å². The van der Waals surface area contributed by atoms with Crippen molar-refractivity contribution in [1.29, 1.82) is 0 Å². The predicted octanol–water partition coefficient (Wildman–Crippen LogP) is 3.09. The minimum atomic E-state index is 0.00201. The number of carbonyl (C=O) groups excluding carboxylic acids is 1. The van der Waals surface area contributed by atoms with Crippen LogP contribution in [0.15, 0.2) is 12.1 Å². The Balaban J connectivity index is 1.54. The summed E-state index contributed by atoms with van der Waals surface area (Å²) in [5.41, 5.74) is 2.30. The van der Waals surface area contributed by atoms with E-state index in [1.165, 1.54) is 0 Å². The average molecular weight is 406 g/mol. The molecule has 1 N–H and O–H groups in total. The van der Waals surface area contributed by atoms with Crippen molar-refractivity contribution in [3.8, 4) is 5.13 Å². The molecule has 1 fully saturated rings. The van der Waals surface area contributed by atoms with Crippen LogP contribution in [-0.2, 0) is 9.53 Å². The summed E-state index contributed by atoms with van der Waals surface area (Å²) in [6.07, 6.45) is 2.99. The molecule has 3 heterocycles. The third kappa shape index (κ3) is 5.11. The Kier molecular flexibility index (Phi) is 7.07. The zero-order valence-corrected chi connectivity index (χ0v) is 18.1. The van der Waals surface area contributed by atoms with Crippen LogP contribution in [0.3, 0.4) is 0 Å². The maximum atomic E-state index is 12.5. The molecule has 0 bridgehead atoms. The van der Waals surface area contributed by atoms with E-state index >= 15 is 0 Å². The molecule has 1 atom stereocenters. The van der Waals surface area contributed by atoms with Crippen LogP contribution in [-0.4, -0.2) is 53.0 Å². The second-order valence-corrected chi connectivity index (χ2v) is 8.60. The summed E-state index contributed by atoms with van der Waals surface area (Å²) in [7, 11) is 0. The second kappa shape index (κ2) is 9.52. The summed E-state index contributed by atoms with van der Waals surface area (Å²) in [6, 6.07) is 4.17. The Morgan fingerprint density at radius 2 is 2.00 bits per heavy atom. The lowest BCUT2D eigenvalue weighted by Gasteiger charge is -2.31. The number of piperidine rings is 1. The number of rotatable bonds is 8. The van der Waals surface area contributed by atoms with Gasteiger partial charge in [0.05, 0.1) is 12.0 Å². The van der Waals surface area contributed by atoms with Crippen LogP contribution < -0.4 is 10.2 Å². The fraction of sp³-hybridized carbons (Fsp3) is 0.650. The van der Waals surface area contributed by atoms with E-state index in [4.69, 9.17) is 4.74 Å². The maximum Gasteiger partial charge on any atom is 0.224 e. The molecule has 1 saturated heterocycles. The molecule has 0 saturated carbocycles. The lowest BCUT2D eigenvalue weighted by Crippen LogP contribution is -2.43. The number of hydrogen-bond donors (Lipinski definition) is 1. The van der Waals surface area contributed by atoms with Gasteiger partial charge in [-0.25, -0.2) is 0 Å². The number of anilines is 1. The number of nitrogens with one attached hydrogen (secondary N) is 1. The summed E-state index contributed by atoms with van der Waals surface area (Å²) in [4.78, 5) is 14.7. The van der Waals surface area contributed by atoms with Crippen LogP contribution >= 0.6 is 11.3 Å². The van der Waals surface area contributed by atoms with Crippen LogP contribution in [0.1, 0.15) is 44.5 Å². The molecule has 0 unspecified atom stereocenters. The van der Waals surface area contributed by atoms with E-state index in [1.54, 1.807) is 11.3 Å². The first-order valence-electron chi connectivity index (χ1n) is 10.1. The molecule has 2 aromatic heterocycles. The lowest BCUT2D eigenvalue weighted by atomic mass is 9.97. The van der Waals surface area contributed by atoms with E-state index in [2.05, 4.69) is 51.0 Å². The van der Waals surface area contributed by atoms with E-state index in [1.807, 2.05) is 13.8 Å². The van der Waals surface area contributed by atoms with Gasteiger partial charge in [0.2, 0.25) is 16.2 Å². The predicted molar refractivity (Wildman–Crippen MR) is 112 cm³/mol. The van der Waals surface area contributed by atoms with E-state index in [0.29, 0.717) is 19.7 Å². The van der Waals surface area contributed by atoms with Crippen LogP contribution in [0.4, 0.5) is 5.13 Å². The molecule has 1 aliphatic rings. The highest BCUT2D eigenvalue weighted by atomic mass is 32.1. The Labute approximate surface area is 171 Å². The number of ether oxygens (including phenoxy) is 1. The van der Waals surface area contributed by atoms with Gasteiger partial charge in [-0.1, -0.05) is 11.3 Å². The Bertz CT molecular complexity index is 766. The van der Waals surface area contributed by atoms with Gasteiger partial charge in [-0.15, -0.1) is 10.2 Å². The van der Waals surface area contributed by atoms with E-state index in [-0.39, 0.29) is 17.9 Å². The van der Waals surface area contributed by atoms with Crippen molar-refractivity contribution in [2.75, 3.05) is 31.1 Å². The van der Waals surface area contributed by atoms with Gasteiger partial charge >= 0.3 is 0 Å². The number of amides is 1. The molecule has 0 aromatic carbocycles. The summed E-state index contributed by atoms with van der Waals surface area (Å²) >= 11 is 1.58. The van der Waals surface area contributed by atoms with E-state index in [9.17, 15) is 4.79 Å². The minimum absolute atomic E-state index is 0.00201. The fourth-order valence-corrected chi connectivity index (χ4v) is 4.51. The van der Waals surface area contributed by atoms with Gasteiger partial charge in [-0.05, 0) is 59.1 Å². The molecule has 154 valence electrons. The zero-order chi connectivity index (χ0) is 20.1. The van der Waals surface area contributed by atoms with Gasteiger partial charge in [0.15, 0.2) is 0 Å². The minimum Gasteiger partial charge on any atom is -0.379 e. The molecule has 0 aliphatic carbocycles. The number of aromatic nitrogens is 3. The molecule has 8 heteroatoms. The quantitative estimate of drug-likeness (QED) is 0.683. The highest BCUT2D eigenvalue weighted by Crippen LogP contribution is 2.29. The summed E-state index contributed by atoms with van der Waals surface area (Å²) in [6.45, 7) is 11.2. The molecular formula is C20H31N5O2S. The van der Waals surface area contributed by atoms with Crippen molar-refractivity contribution in [2.24, 2.45) is 5.92 Å². The molecule has 2 aromatic rings. The largest absolute Gasteiger partial charge is 0.379 e. The molecule has 1 aliphatic heterocycles. The van der Waals surface area contributed by atoms with Crippen molar-refractivity contribution in [3.05, 3.63) is 23.5 Å². The fourth-order valence-electron chi connectivity index (χ4n) is 3.51. The van der Waals surface area contributed by atoms with Crippen molar-refractivity contribution in [2.45, 2.75) is 53.1 Å². The van der Waals surface area contributed by atoms with Gasteiger partial charge in [-0.2, -0.15) is 0 Å². The number of carbonyl (C=O) groups is 1. The first kappa shape index (κ1) is 20.8. The Morgan fingerprint density at radius 3 is 2.71 bits per heavy atom. The first-order chi connectivity index (χ1) is 13.5. The van der Waals surface area contributed by atoms with Crippen molar-refractivity contribution in [1.82, 2.24) is 20.1 Å². The Hall–Kier alpha value is -1.93. The normalized spacial score (nSPS) is 17.3. The smallest absolute Gasteiger partial charge is 0.224 e. The molecule has 7 nitrogen and oxygen atoms in total. The molecule has 1 amide bonds. The monoisotopic (exact) mass is 405 g/mol. The molecular weight excluding hydrogens is 374 g/mol. The van der Waals surface area contributed by atoms with Crippen molar-refractivity contribution in [3.63, 3.8) is 0 Å². The van der Waals surface area contributed by atoms with Gasteiger partial charge < -0.3 is 15.0 Å². The molecule has 3 rings (SSSR count). The average Bonchev–Trinajstić information content (AvgIpc) is 3.27. The van der Waals surface area contributed by atoms with Gasteiger partial charge in [0.25, 0.3) is 0 Å². The maximum absolute atomic E-state index is 12.5. The topological polar surface area (TPSA) is 72.3 Å². The highest BCUT2D eigenvalue weighted by molar-refractivity contribution is 7.17. The Morgan fingerprint density at radius 1 is 1.29 bits per heavy atom. The molecule has 0 radical (unpaired) electrons. The van der Waals surface area contributed by atoms with Gasteiger partial charge in [0, 0.05) is 37.6 Å². The van der Waals surface area contributed by atoms with Gasteiger partial charge in [-0.3, -0.25) is 9.36 Å². The third-order valence-corrected chi connectivity index (χ3v) is 5.97. The van der Waals surface area contributed by atoms with Gasteiger partial charge in [0.1, 0.15) is 0 Å². The number of hydrogen-bond acceptors (Lipinski definition) is 6. The van der Waals surface area contributed by atoms with Crippen LogP contribution in [0, 0.1) is 19.8 Å².